The number of ether oxygens (including phenoxy) is 2. The van der Waals surface area contributed by atoms with Gasteiger partial charge in [-0.1, -0.05) is 39.8 Å². The van der Waals surface area contributed by atoms with Crippen LogP contribution < -0.4 is 9.47 Å². The highest BCUT2D eigenvalue weighted by Gasteiger charge is 2.15. The molecule has 0 amide bonds. The van der Waals surface area contributed by atoms with Crippen LogP contribution in [0.3, 0.4) is 0 Å². The predicted molar refractivity (Wildman–Crippen MR) is 108 cm³/mol. The first-order valence-electron chi connectivity index (χ1n) is 8.18. The molecule has 3 aromatic rings. The molecule has 0 atom stereocenters. The van der Waals surface area contributed by atoms with Crippen molar-refractivity contribution in [1.82, 2.24) is 14.8 Å². The summed E-state index contributed by atoms with van der Waals surface area (Å²) in [6, 6.07) is 14.0. The smallest absolute Gasteiger partial charge is 0.191 e. The number of nitrogens with zero attached hydrogens (tertiary/aromatic N) is 3. The molecule has 0 radical (unpaired) electrons. The molecule has 0 aliphatic rings. The molecular weight excluding hydrogens is 414 g/mol. The standard InChI is InChI=1S/C19H20BrN3O2S/c1-4-23-18(14-9-16(24-2)11-17(10-14)25-3)21-22-19(23)26-12-13-6-5-7-15(20)8-13/h5-11H,4,12H2,1-3H3. The van der Waals surface area contributed by atoms with E-state index in [1.807, 2.05) is 30.3 Å². The van der Waals surface area contributed by atoms with E-state index in [4.69, 9.17) is 9.47 Å². The lowest BCUT2D eigenvalue weighted by atomic mass is 10.2. The van der Waals surface area contributed by atoms with E-state index in [1.165, 1.54) is 5.56 Å². The van der Waals surface area contributed by atoms with E-state index in [2.05, 4.69) is 49.8 Å². The molecule has 0 bridgehead atoms. The quantitative estimate of drug-likeness (QED) is 0.488. The first-order valence-corrected chi connectivity index (χ1v) is 9.96. The fraction of sp³-hybridized carbons (Fsp3) is 0.263. The maximum atomic E-state index is 5.37. The molecular formula is C19H20BrN3O2S. The first-order chi connectivity index (χ1) is 12.6. The summed E-state index contributed by atoms with van der Waals surface area (Å²) in [5, 5.41) is 9.70. The summed E-state index contributed by atoms with van der Waals surface area (Å²) in [7, 11) is 3.28. The Labute approximate surface area is 165 Å². The summed E-state index contributed by atoms with van der Waals surface area (Å²) in [4.78, 5) is 0. The Morgan fingerprint density at radius 3 is 2.38 bits per heavy atom. The molecule has 0 unspecified atom stereocenters. The average molecular weight is 434 g/mol. The van der Waals surface area contributed by atoms with E-state index in [1.54, 1.807) is 26.0 Å². The largest absolute Gasteiger partial charge is 0.497 e. The summed E-state index contributed by atoms with van der Waals surface area (Å²) in [6.45, 7) is 2.87. The highest BCUT2D eigenvalue weighted by molar-refractivity contribution is 9.10. The van der Waals surface area contributed by atoms with Gasteiger partial charge in [0.25, 0.3) is 0 Å². The maximum Gasteiger partial charge on any atom is 0.191 e. The van der Waals surface area contributed by atoms with Crippen molar-refractivity contribution in [1.29, 1.82) is 0 Å². The van der Waals surface area contributed by atoms with E-state index < -0.39 is 0 Å². The first kappa shape index (κ1) is 18.8. The van der Waals surface area contributed by atoms with E-state index in [0.29, 0.717) is 0 Å². The van der Waals surface area contributed by atoms with Crippen LogP contribution in [0.2, 0.25) is 0 Å². The topological polar surface area (TPSA) is 49.2 Å². The second-order valence-corrected chi connectivity index (χ2v) is 7.43. The van der Waals surface area contributed by atoms with Crippen LogP contribution in [0.25, 0.3) is 11.4 Å². The fourth-order valence-corrected chi connectivity index (χ4v) is 4.00. The zero-order valence-corrected chi connectivity index (χ0v) is 17.3. The maximum absolute atomic E-state index is 5.37. The van der Waals surface area contributed by atoms with Crippen LogP contribution in [-0.2, 0) is 12.3 Å². The van der Waals surface area contributed by atoms with Gasteiger partial charge in [-0.3, -0.25) is 0 Å². The van der Waals surface area contributed by atoms with E-state index in [0.717, 1.165) is 44.8 Å². The monoisotopic (exact) mass is 433 g/mol. The molecule has 3 rings (SSSR count). The van der Waals surface area contributed by atoms with Gasteiger partial charge in [-0.2, -0.15) is 0 Å². The van der Waals surface area contributed by atoms with Crippen molar-refractivity contribution >= 4 is 27.7 Å². The molecule has 1 aromatic heterocycles. The van der Waals surface area contributed by atoms with Crippen molar-refractivity contribution in [3.63, 3.8) is 0 Å². The van der Waals surface area contributed by atoms with Gasteiger partial charge in [-0.15, -0.1) is 10.2 Å². The highest BCUT2D eigenvalue weighted by atomic mass is 79.9. The molecule has 2 aromatic carbocycles. The third-order valence-corrected chi connectivity index (χ3v) is 5.43. The van der Waals surface area contributed by atoms with Crippen LogP contribution in [0.1, 0.15) is 12.5 Å². The van der Waals surface area contributed by atoms with Crippen molar-refractivity contribution in [3.8, 4) is 22.9 Å². The van der Waals surface area contributed by atoms with Crippen molar-refractivity contribution in [2.24, 2.45) is 0 Å². The Balaban J connectivity index is 1.88. The molecule has 0 saturated heterocycles. The summed E-state index contributed by atoms with van der Waals surface area (Å²) >= 11 is 5.19. The number of aromatic nitrogens is 3. The molecule has 136 valence electrons. The number of hydrogen-bond acceptors (Lipinski definition) is 5. The van der Waals surface area contributed by atoms with Crippen molar-refractivity contribution in [3.05, 3.63) is 52.5 Å². The van der Waals surface area contributed by atoms with Gasteiger partial charge in [0.2, 0.25) is 0 Å². The number of benzene rings is 2. The average Bonchev–Trinajstić information content (AvgIpc) is 3.09. The van der Waals surface area contributed by atoms with Crippen molar-refractivity contribution < 1.29 is 9.47 Å². The Kier molecular flexibility index (Phi) is 6.21. The van der Waals surface area contributed by atoms with Gasteiger partial charge in [0.05, 0.1) is 14.2 Å². The zero-order valence-electron chi connectivity index (χ0n) is 14.9. The summed E-state index contributed by atoms with van der Waals surface area (Å²) in [6.07, 6.45) is 0. The second-order valence-electron chi connectivity index (χ2n) is 5.57. The molecule has 7 heteroatoms. The molecule has 0 N–H and O–H groups in total. The lowest BCUT2D eigenvalue weighted by molar-refractivity contribution is 0.394. The number of hydrogen-bond donors (Lipinski definition) is 0. The van der Waals surface area contributed by atoms with Crippen LogP contribution in [0.4, 0.5) is 0 Å². The minimum atomic E-state index is 0.730. The summed E-state index contributed by atoms with van der Waals surface area (Å²) in [5.74, 6) is 3.10. The molecule has 0 spiro atoms. The predicted octanol–water partition coefficient (Wildman–Crippen LogP) is 5.04. The molecule has 5 nitrogen and oxygen atoms in total. The Hall–Kier alpha value is -1.99. The third kappa shape index (κ3) is 4.22. The van der Waals surface area contributed by atoms with E-state index in [-0.39, 0.29) is 0 Å². The number of thioether (sulfide) groups is 1. The van der Waals surface area contributed by atoms with Crippen molar-refractivity contribution in [2.75, 3.05) is 14.2 Å². The highest BCUT2D eigenvalue weighted by Crippen LogP contribution is 2.31. The van der Waals surface area contributed by atoms with Crippen LogP contribution in [-0.4, -0.2) is 29.0 Å². The van der Waals surface area contributed by atoms with Gasteiger partial charge in [0.15, 0.2) is 11.0 Å². The van der Waals surface area contributed by atoms with Gasteiger partial charge in [-0.25, -0.2) is 0 Å². The second kappa shape index (κ2) is 8.60. The summed E-state index contributed by atoms with van der Waals surface area (Å²) in [5.41, 5.74) is 2.16. The SMILES string of the molecule is CCn1c(SCc2cccc(Br)c2)nnc1-c1cc(OC)cc(OC)c1. The van der Waals surface area contributed by atoms with Crippen molar-refractivity contribution in [2.45, 2.75) is 24.4 Å². The number of rotatable bonds is 7. The minimum absolute atomic E-state index is 0.730. The number of methoxy groups -OCH3 is 2. The van der Waals surface area contributed by atoms with E-state index >= 15 is 0 Å². The van der Waals surface area contributed by atoms with Gasteiger partial charge < -0.3 is 14.0 Å². The van der Waals surface area contributed by atoms with Crippen LogP contribution in [0, 0.1) is 0 Å². The Bertz CT molecular complexity index is 876. The van der Waals surface area contributed by atoms with E-state index in [9.17, 15) is 0 Å². The normalized spacial score (nSPS) is 10.8. The van der Waals surface area contributed by atoms with Gasteiger partial charge >= 0.3 is 0 Å². The van der Waals surface area contributed by atoms with Crippen LogP contribution >= 0.6 is 27.7 Å². The zero-order chi connectivity index (χ0) is 18.5. The molecule has 0 saturated carbocycles. The molecule has 1 heterocycles. The molecule has 0 fully saturated rings. The fourth-order valence-electron chi connectivity index (χ4n) is 2.61. The molecule has 0 aliphatic carbocycles. The van der Waals surface area contributed by atoms with Crippen LogP contribution in [0.5, 0.6) is 11.5 Å². The Morgan fingerprint density at radius 2 is 1.77 bits per heavy atom. The lowest BCUT2D eigenvalue weighted by Gasteiger charge is -2.10. The molecule has 0 aliphatic heterocycles. The molecule has 26 heavy (non-hydrogen) atoms. The third-order valence-electron chi connectivity index (χ3n) is 3.90. The van der Waals surface area contributed by atoms with Gasteiger partial charge in [0.1, 0.15) is 11.5 Å². The Morgan fingerprint density at radius 1 is 1.04 bits per heavy atom. The van der Waals surface area contributed by atoms with Gasteiger partial charge in [-0.05, 0) is 36.8 Å². The van der Waals surface area contributed by atoms with Gasteiger partial charge in [0, 0.05) is 28.4 Å². The lowest BCUT2D eigenvalue weighted by Crippen LogP contribution is -2.00. The van der Waals surface area contributed by atoms with Crippen LogP contribution in [0.15, 0.2) is 52.1 Å². The number of halogens is 1. The summed E-state index contributed by atoms with van der Waals surface area (Å²) < 4.78 is 13.9. The minimum Gasteiger partial charge on any atom is -0.497 e.